The van der Waals surface area contributed by atoms with E-state index < -0.39 is 17.9 Å². The summed E-state index contributed by atoms with van der Waals surface area (Å²) < 4.78 is 5.36. The van der Waals surface area contributed by atoms with Crippen LogP contribution < -0.4 is 0 Å². The first-order valence-electron chi connectivity index (χ1n) is 10.9. The fourth-order valence-corrected chi connectivity index (χ4v) is 4.09. The van der Waals surface area contributed by atoms with Gasteiger partial charge in [-0.3, -0.25) is 19.3 Å². The number of ether oxygens (including phenoxy) is 1. The molecule has 0 radical (unpaired) electrons. The summed E-state index contributed by atoms with van der Waals surface area (Å²) >= 11 is 0. The van der Waals surface area contributed by atoms with Crippen LogP contribution in [0.3, 0.4) is 0 Å². The zero-order valence-corrected chi connectivity index (χ0v) is 18.2. The van der Waals surface area contributed by atoms with Crippen LogP contribution in [0.25, 0.3) is 0 Å². The summed E-state index contributed by atoms with van der Waals surface area (Å²) in [5, 5.41) is 0.574. The summed E-state index contributed by atoms with van der Waals surface area (Å²) in [6, 6.07) is 5.93. The van der Waals surface area contributed by atoms with Crippen LogP contribution in [0.2, 0.25) is 0 Å². The second-order valence-corrected chi connectivity index (χ2v) is 8.27. The molecule has 3 fully saturated rings. The largest absolute Gasteiger partial charge is 0.434 e. The summed E-state index contributed by atoms with van der Waals surface area (Å²) in [4.78, 5) is 59.2. The van der Waals surface area contributed by atoms with E-state index in [0.717, 1.165) is 11.1 Å². The molecule has 0 saturated carbocycles. The number of hydrogen-bond acceptors (Lipinski definition) is 7. The first kappa shape index (κ1) is 22.2. The quantitative estimate of drug-likeness (QED) is 0.633. The van der Waals surface area contributed by atoms with Gasteiger partial charge in [-0.2, -0.15) is 0 Å². The monoisotopic (exact) mass is 444 g/mol. The lowest BCUT2D eigenvalue weighted by Gasteiger charge is -2.35. The van der Waals surface area contributed by atoms with Gasteiger partial charge in [-0.05, 0) is 18.6 Å². The summed E-state index contributed by atoms with van der Waals surface area (Å²) in [6.45, 7) is 6.87. The van der Waals surface area contributed by atoms with Gasteiger partial charge in [-0.1, -0.05) is 17.7 Å². The lowest BCUT2D eigenvalue weighted by Crippen LogP contribution is -2.50. The second-order valence-electron chi connectivity index (χ2n) is 8.27. The standard InChI is InChI=1S/C22H28N4O6/c1-16-2-3-17(18(14-16)21(29)24-10-12-31-13-11-24)15-23-6-8-25(9-7-23)22(30)32-26-19(27)4-5-20(26)28/h2-3,14H,4-13,15H2,1H3. The molecule has 3 saturated heterocycles. The second kappa shape index (κ2) is 9.66. The van der Waals surface area contributed by atoms with Crippen LogP contribution in [0.5, 0.6) is 0 Å². The van der Waals surface area contributed by atoms with Gasteiger partial charge in [0.1, 0.15) is 0 Å². The van der Waals surface area contributed by atoms with Crippen molar-refractivity contribution in [1.82, 2.24) is 19.8 Å². The fourth-order valence-electron chi connectivity index (χ4n) is 4.09. The molecule has 1 aromatic carbocycles. The van der Waals surface area contributed by atoms with Crippen LogP contribution in [-0.4, -0.2) is 96.1 Å². The van der Waals surface area contributed by atoms with Gasteiger partial charge in [0.2, 0.25) is 0 Å². The summed E-state index contributed by atoms with van der Waals surface area (Å²) in [6.07, 6.45) is -0.545. The summed E-state index contributed by atoms with van der Waals surface area (Å²) in [7, 11) is 0. The summed E-state index contributed by atoms with van der Waals surface area (Å²) in [5.74, 6) is -0.952. The number of imide groups is 1. The van der Waals surface area contributed by atoms with E-state index in [4.69, 9.17) is 9.57 Å². The summed E-state index contributed by atoms with van der Waals surface area (Å²) in [5.41, 5.74) is 2.69. The smallest absolute Gasteiger partial charge is 0.378 e. The van der Waals surface area contributed by atoms with Gasteiger partial charge < -0.3 is 19.4 Å². The van der Waals surface area contributed by atoms with Crippen LogP contribution in [0.15, 0.2) is 18.2 Å². The molecular formula is C22H28N4O6. The van der Waals surface area contributed by atoms with Crippen molar-refractivity contribution < 1.29 is 28.8 Å². The molecule has 10 nitrogen and oxygen atoms in total. The molecule has 0 bridgehead atoms. The highest BCUT2D eigenvalue weighted by Crippen LogP contribution is 2.19. The number of hydroxylamine groups is 2. The zero-order chi connectivity index (χ0) is 22.7. The number of rotatable bonds is 4. The Kier molecular flexibility index (Phi) is 6.71. The van der Waals surface area contributed by atoms with E-state index in [0.29, 0.717) is 69.7 Å². The topological polar surface area (TPSA) is 99.7 Å². The van der Waals surface area contributed by atoms with Gasteiger partial charge in [0.05, 0.1) is 13.2 Å². The van der Waals surface area contributed by atoms with Crippen molar-refractivity contribution in [1.29, 1.82) is 0 Å². The van der Waals surface area contributed by atoms with Gasteiger partial charge in [0.25, 0.3) is 17.7 Å². The number of aryl methyl sites for hydroxylation is 1. The number of amides is 4. The van der Waals surface area contributed by atoms with Crippen LogP contribution in [-0.2, 0) is 25.7 Å². The third kappa shape index (κ3) is 4.91. The first-order chi connectivity index (χ1) is 15.4. The average Bonchev–Trinajstić information content (AvgIpc) is 3.13. The van der Waals surface area contributed by atoms with Gasteiger partial charge in [0, 0.05) is 64.2 Å². The van der Waals surface area contributed by atoms with Crippen LogP contribution in [0.4, 0.5) is 4.79 Å². The van der Waals surface area contributed by atoms with Crippen molar-refractivity contribution in [3.8, 4) is 0 Å². The van der Waals surface area contributed by atoms with Crippen molar-refractivity contribution in [2.24, 2.45) is 0 Å². The van der Waals surface area contributed by atoms with Gasteiger partial charge >= 0.3 is 6.09 Å². The van der Waals surface area contributed by atoms with E-state index in [1.54, 1.807) is 0 Å². The van der Waals surface area contributed by atoms with Crippen LogP contribution in [0, 0.1) is 6.92 Å². The van der Waals surface area contributed by atoms with E-state index >= 15 is 0 Å². The molecule has 0 aromatic heterocycles. The molecule has 1 aromatic rings. The third-order valence-electron chi connectivity index (χ3n) is 5.99. The minimum absolute atomic E-state index is 0.0224. The normalized spacial score (nSPS) is 20.1. The number of carbonyl (C=O) groups excluding carboxylic acids is 4. The Labute approximate surface area is 186 Å². The number of benzene rings is 1. The Morgan fingerprint density at radius 3 is 2.25 bits per heavy atom. The Morgan fingerprint density at radius 2 is 1.59 bits per heavy atom. The van der Waals surface area contributed by atoms with E-state index in [-0.39, 0.29) is 18.7 Å². The Balaban J connectivity index is 1.35. The molecule has 0 spiro atoms. The molecular weight excluding hydrogens is 416 g/mol. The lowest BCUT2D eigenvalue weighted by atomic mass is 10.0. The van der Waals surface area contributed by atoms with Crippen molar-refractivity contribution >= 4 is 23.8 Å². The fraction of sp³-hybridized carbons (Fsp3) is 0.545. The van der Waals surface area contributed by atoms with E-state index in [1.807, 2.05) is 30.0 Å². The molecule has 3 heterocycles. The van der Waals surface area contributed by atoms with Gasteiger partial charge in [-0.25, -0.2) is 4.79 Å². The maximum absolute atomic E-state index is 13.1. The number of carbonyl (C=O) groups is 4. The minimum Gasteiger partial charge on any atom is -0.378 e. The van der Waals surface area contributed by atoms with Crippen molar-refractivity contribution in [3.05, 3.63) is 34.9 Å². The van der Waals surface area contributed by atoms with Crippen molar-refractivity contribution in [2.75, 3.05) is 52.5 Å². The highest BCUT2D eigenvalue weighted by atomic mass is 16.7. The van der Waals surface area contributed by atoms with E-state index in [9.17, 15) is 19.2 Å². The van der Waals surface area contributed by atoms with Crippen LogP contribution in [0.1, 0.15) is 34.3 Å². The maximum Gasteiger partial charge on any atom is 0.434 e. The molecule has 0 aliphatic carbocycles. The Hall–Kier alpha value is -2.98. The molecule has 172 valence electrons. The maximum atomic E-state index is 13.1. The Bertz CT molecular complexity index is 890. The highest BCUT2D eigenvalue weighted by Gasteiger charge is 2.35. The highest BCUT2D eigenvalue weighted by molar-refractivity contribution is 6.01. The first-order valence-corrected chi connectivity index (χ1v) is 10.9. The van der Waals surface area contributed by atoms with Crippen LogP contribution >= 0.6 is 0 Å². The van der Waals surface area contributed by atoms with Crippen molar-refractivity contribution in [2.45, 2.75) is 26.3 Å². The van der Waals surface area contributed by atoms with E-state index in [2.05, 4.69) is 4.90 Å². The number of nitrogens with zero attached hydrogens (tertiary/aromatic N) is 4. The molecule has 4 amide bonds. The van der Waals surface area contributed by atoms with Crippen molar-refractivity contribution in [3.63, 3.8) is 0 Å². The molecule has 0 N–H and O–H groups in total. The van der Waals surface area contributed by atoms with Gasteiger partial charge in [0.15, 0.2) is 0 Å². The molecule has 0 unspecified atom stereocenters. The van der Waals surface area contributed by atoms with Gasteiger partial charge in [-0.15, -0.1) is 5.06 Å². The average molecular weight is 444 g/mol. The third-order valence-corrected chi connectivity index (χ3v) is 5.99. The predicted octanol–water partition coefficient (Wildman–Crippen LogP) is 0.786. The minimum atomic E-state index is -0.688. The molecule has 32 heavy (non-hydrogen) atoms. The lowest BCUT2D eigenvalue weighted by molar-refractivity contribution is -0.174. The molecule has 0 atom stereocenters. The number of piperazine rings is 1. The number of morpholine rings is 1. The zero-order valence-electron chi connectivity index (χ0n) is 18.2. The molecule has 3 aliphatic rings. The molecule has 3 aliphatic heterocycles. The Morgan fingerprint density at radius 1 is 0.938 bits per heavy atom. The number of hydrogen-bond donors (Lipinski definition) is 0. The predicted molar refractivity (Wildman–Crippen MR) is 112 cm³/mol. The molecule has 10 heteroatoms. The molecule has 4 rings (SSSR count). The van der Waals surface area contributed by atoms with E-state index in [1.165, 1.54) is 4.90 Å². The SMILES string of the molecule is Cc1ccc(CN2CCN(C(=O)ON3C(=O)CCC3=O)CC2)c(C(=O)N2CCOCC2)c1.